The van der Waals surface area contributed by atoms with Gasteiger partial charge in [0.05, 0.1) is 0 Å². The van der Waals surface area contributed by atoms with Crippen molar-refractivity contribution in [2.45, 2.75) is 64.2 Å². The third-order valence-electron chi connectivity index (χ3n) is 9.13. The normalized spacial score (nSPS) is 21.1. The number of hydrogen-bond acceptors (Lipinski definition) is 0. The molecule has 40 heavy (non-hydrogen) atoms. The van der Waals surface area contributed by atoms with Crippen LogP contribution in [0.2, 0.25) is 0 Å². The molecule has 0 heterocycles. The molecular weight excluding hydrogens is 501 g/mol. The van der Waals surface area contributed by atoms with E-state index in [-0.39, 0.29) is 11.4 Å². The molecule has 0 nitrogen and oxygen atoms in total. The number of rotatable bonds is 9. The van der Waals surface area contributed by atoms with E-state index in [9.17, 15) is 8.78 Å². The Kier molecular flexibility index (Phi) is 9.09. The van der Waals surface area contributed by atoms with Crippen LogP contribution in [0.15, 0.2) is 86.0 Å². The monoisotopic (exact) mass is 540 g/mol. The molecular formula is C37H39F3. The summed E-state index contributed by atoms with van der Waals surface area (Å²) in [5.41, 5.74) is 4.56. The summed E-state index contributed by atoms with van der Waals surface area (Å²) >= 11 is 0. The first-order valence-corrected chi connectivity index (χ1v) is 14.8. The van der Waals surface area contributed by atoms with Crippen LogP contribution in [0.1, 0.15) is 68.9 Å². The van der Waals surface area contributed by atoms with Crippen molar-refractivity contribution in [1.29, 1.82) is 0 Å². The first-order chi connectivity index (χ1) is 19.5. The Morgan fingerprint density at radius 1 is 0.725 bits per heavy atom. The Labute approximate surface area is 237 Å². The number of halogens is 3. The number of unbranched alkanes of at least 4 members (excludes halogenated alkanes) is 1. The fourth-order valence-electron chi connectivity index (χ4n) is 6.62. The molecule has 3 aromatic carbocycles. The van der Waals surface area contributed by atoms with Crippen LogP contribution in [0.3, 0.4) is 0 Å². The predicted molar refractivity (Wildman–Crippen MR) is 161 cm³/mol. The van der Waals surface area contributed by atoms with Crippen molar-refractivity contribution in [3.8, 4) is 22.3 Å². The molecule has 2 aliphatic rings. The molecule has 208 valence electrons. The van der Waals surface area contributed by atoms with E-state index in [0.717, 1.165) is 43.1 Å². The van der Waals surface area contributed by atoms with Gasteiger partial charge < -0.3 is 0 Å². The van der Waals surface area contributed by atoms with Gasteiger partial charge in [-0.25, -0.2) is 13.2 Å². The van der Waals surface area contributed by atoms with Crippen molar-refractivity contribution in [2.75, 3.05) is 0 Å². The van der Waals surface area contributed by atoms with E-state index < -0.39 is 11.6 Å². The van der Waals surface area contributed by atoms with Gasteiger partial charge in [0.25, 0.3) is 0 Å². The summed E-state index contributed by atoms with van der Waals surface area (Å²) in [4.78, 5) is 0. The van der Waals surface area contributed by atoms with Gasteiger partial charge in [0, 0.05) is 11.1 Å². The molecule has 0 bridgehead atoms. The van der Waals surface area contributed by atoms with Crippen LogP contribution >= 0.6 is 0 Å². The highest BCUT2D eigenvalue weighted by Gasteiger charge is 2.28. The maximum Gasteiger partial charge on any atom is 0.166 e. The average Bonchev–Trinajstić information content (AvgIpc) is 3.00. The lowest BCUT2D eigenvalue weighted by atomic mass is 9.71. The lowest BCUT2D eigenvalue weighted by molar-refractivity contribution is 0.212. The molecule has 3 aromatic rings. The van der Waals surface area contributed by atoms with Crippen LogP contribution in [0, 0.1) is 35.2 Å². The van der Waals surface area contributed by atoms with Gasteiger partial charge in [-0.05, 0) is 116 Å². The molecule has 0 saturated heterocycles. The maximum absolute atomic E-state index is 15.3. The van der Waals surface area contributed by atoms with Gasteiger partial charge in [0.2, 0.25) is 0 Å². The van der Waals surface area contributed by atoms with E-state index in [0.29, 0.717) is 34.6 Å². The van der Waals surface area contributed by atoms with E-state index in [2.05, 4.69) is 25.3 Å². The Hall–Kier alpha value is -3.33. The second-order valence-electron chi connectivity index (χ2n) is 11.5. The molecule has 1 fully saturated rings. The second-order valence-corrected chi connectivity index (χ2v) is 11.5. The predicted octanol–water partition coefficient (Wildman–Crippen LogP) is 11.1. The molecule has 2 aliphatic carbocycles. The summed E-state index contributed by atoms with van der Waals surface area (Å²) in [6.45, 7) is 7.63. The van der Waals surface area contributed by atoms with Crippen LogP contribution < -0.4 is 0 Å². The molecule has 5 rings (SSSR count). The highest BCUT2D eigenvalue weighted by Crippen LogP contribution is 2.42. The van der Waals surface area contributed by atoms with Crippen LogP contribution in [0.25, 0.3) is 27.8 Å². The summed E-state index contributed by atoms with van der Waals surface area (Å²) in [6.07, 6.45) is 16.6. The largest absolute Gasteiger partial charge is 0.206 e. The van der Waals surface area contributed by atoms with Gasteiger partial charge in [0.15, 0.2) is 11.6 Å². The molecule has 0 aromatic heterocycles. The van der Waals surface area contributed by atoms with E-state index in [1.54, 1.807) is 48.5 Å². The summed E-state index contributed by atoms with van der Waals surface area (Å²) in [5, 5.41) is 0. The van der Waals surface area contributed by atoms with Gasteiger partial charge in [-0.3, -0.25) is 0 Å². The average molecular weight is 541 g/mol. The first-order valence-electron chi connectivity index (χ1n) is 14.8. The summed E-state index contributed by atoms with van der Waals surface area (Å²) in [5.74, 6) is 0.335. The molecule has 0 aliphatic heterocycles. The maximum atomic E-state index is 15.3. The Morgan fingerprint density at radius 2 is 1.40 bits per heavy atom. The smallest absolute Gasteiger partial charge is 0.166 e. The van der Waals surface area contributed by atoms with Crippen molar-refractivity contribution in [3.05, 3.63) is 115 Å². The lowest BCUT2D eigenvalue weighted by Gasteiger charge is -2.34. The SMILES string of the molecule is C=CCCCc1ccc(-c2ccc(-c3ccc(C4=CCC(C5CCC(C=C)CC5)CC4)cc3F)cc2)c(F)c1F. The third-order valence-corrected chi connectivity index (χ3v) is 9.13. The van der Waals surface area contributed by atoms with Crippen molar-refractivity contribution in [2.24, 2.45) is 17.8 Å². The molecule has 3 heteroatoms. The molecule has 1 unspecified atom stereocenters. The van der Waals surface area contributed by atoms with E-state index in [4.69, 9.17) is 0 Å². The van der Waals surface area contributed by atoms with Gasteiger partial charge in [-0.1, -0.05) is 66.8 Å². The topological polar surface area (TPSA) is 0 Å². The minimum Gasteiger partial charge on any atom is -0.206 e. The summed E-state index contributed by atoms with van der Waals surface area (Å²) in [6, 6.07) is 15.8. The van der Waals surface area contributed by atoms with Crippen molar-refractivity contribution < 1.29 is 13.2 Å². The minimum absolute atomic E-state index is 0.212. The first kappa shape index (κ1) is 28.2. The molecule has 1 atom stereocenters. The van der Waals surface area contributed by atoms with Gasteiger partial charge in [-0.15, -0.1) is 13.2 Å². The van der Waals surface area contributed by atoms with Gasteiger partial charge in [0.1, 0.15) is 5.82 Å². The minimum atomic E-state index is -0.841. The Morgan fingerprint density at radius 3 is 2.02 bits per heavy atom. The third kappa shape index (κ3) is 6.19. The zero-order chi connectivity index (χ0) is 28.1. The highest BCUT2D eigenvalue weighted by atomic mass is 19.2. The van der Waals surface area contributed by atoms with Crippen molar-refractivity contribution >= 4 is 5.57 Å². The fourth-order valence-corrected chi connectivity index (χ4v) is 6.62. The Balaban J connectivity index is 1.26. The van der Waals surface area contributed by atoms with Crippen LogP contribution in [0.5, 0.6) is 0 Å². The summed E-state index contributed by atoms with van der Waals surface area (Å²) in [7, 11) is 0. The zero-order valence-corrected chi connectivity index (χ0v) is 23.3. The number of allylic oxidation sites excluding steroid dienone is 4. The van der Waals surface area contributed by atoms with E-state index in [1.165, 1.54) is 37.7 Å². The number of benzene rings is 3. The molecule has 0 N–H and O–H groups in total. The molecule has 0 radical (unpaired) electrons. The Bertz CT molecular complexity index is 1370. The van der Waals surface area contributed by atoms with E-state index in [1.807, 2.05) is 12.1 Å². The van der Waals surface area contributed by atoms with Crippen molar-refractivity contribution in [3.63, 3.8) is 0 Å². The van der Waals surface area contributed by atoms with Crippen LogP contribution in [-0.2, 0) is 6.42 Å². The zero-order valence-electron chi connectivity index (χ0n) is 23.3. The molecule has 0 spiro atoms. The van der Waals surface area contributed by atoms with Crippen molar-refractivity contribution in [1.82, 2.24) is 0 Å². The highest BCUT2D eigenvalue weighted by molar-refractivity contribution is 5.74. The molecule has 1 saturated carbocycles. The fraction of sp³-hybridized carbons (Fsp3) is 0.351. The molecule has 0 amide bonds. The second kappa shape index (κ2) is 12.9. The van der Waals surface area contributed by atoms with Crippen LogP contribution in [-0.4, -0.2) is 0 Å². The number of hydrogen-bond donors (Lipinski definition) is 0. The van der Waals surface area contributed by atoms with Crippen LogP contribution in [0.4, 0.5) is 13.2 Å². The van der Waals surface area contributed by atoms with Gasteiger partial charge >= 0.3 is 0 Å². The standard InChI is InChI=1S/C37H39F3/c1-3-5-6-7-31-20-23-34(37(40)36(31)39)30-18-16-29(17-19-30)33-22-21-32(24-35(33)38)28-14-12-27(13-15-28)26-10-8-25(4-2)9-11-26/h3-4,14,16-27H,1-2,5-13,15H2. The number of aryl methyl sites for hydroxylation is 1. The summed E-state index contributed by atoms with van der Waals surface area (Å²) < 4.78 is 44.8. The quantitative estimate of drug-likeness (QED) is 0.187. The van der Waals surface area contributed by atoms with Gasteiger partial charge in [-0.2, -0.15) is 0 Å². The lowest BCUT2D eigenvalue weighted by Crippen LogP contribution is -2.22. The van der Waals surface area contributed by atoms with E-state index >= 15 is 4.39 Å².